The smallest absolute Gasteiger partial charge is 0.147 e. The molecule has 0 spiro atoms. The first-order valence-corrected chi connectivity index (χ1v) is 7.47. The number of aliphatic hydroxyl groups excluding tert-OH is 1. The van der Waals surface area contributed by atoms with Gasteiger partial charge < -0.3 is 9.84 Å². The summed E-state index contributed by atoms with van der Waals surface area (Å²) in [5, 5.41) is 9.66. The molecule has 1 fully saturated rings. The highest BCUT2D eigenvalue weighted by atomic mass is 32.2. The van der Waals surface area contributed by atoms with E-state index in [0.29, 0.717) is 18.8 Å². The molecule has 2 atom stereocenters. The molecular formula is C10H20O4S. The van der Waals surface area contributed by atoms with E-state index in [1.807, 2.05) is 0 Å². The third-order valence-corrected chi connectivity index (χ3v) is 3.71. The van der Waals surface area contributed by atoms with Crippen molar-refractivity contribution in [1.82, 2.24) is 0 Å². The van der Waals surface area contributed by atoms with E-state index in [4.69, 9.17) is 4.74 Å². The van der Waals surface area contributed by atoms with E-state index < -0.39 is 9.84 Å². The third-order valence-electron chi connectivity index (χ3n) is 2.68. The number of sulfone groups is 1. The van der Waals surface area contributed by atoms with E-state index in [1.165, 1.54) is 6.26 Å². The van der Waals surface area contributed by atoms with E-state index in [9.17, 15) is 13.5 Å². The van der Waals surface area contributed by atoms with Gasteiger partial charge in [0.15, 0.2) is 0 Å². The van der Waals surface area contributed by atoms with Crippen LogP contribution in [0.15, 0.2) is 0 Å². The van der Waals surface area contributed by atoms with Crippen LogP contribution in [-0.2, 0) is 14.6 Å². The average molecular weight is 236 g/mol. The first-order valence-electron chi connectivity index (χ1n) is 5.41. The number of hydrogen-bond donors (Lipinski definition) is 1. The summed E-state index contributed by atoms with van der Waals surface area (Å²) in [6, 6.07) is 0. The summed E-state index contributed by atoms with van der Waals surface area (Å²) < 4.78 is 26.9. The fourth-order valence-electron chi connectivity index (χ4n) is 1.85. The van der Waals surface area contributed by atoms with Gasteiger partial charge in [-0.25, -0.2) is 8.42 Å². The summed E-state index contributed by atoms with van der Waals surface area (Å²) in [6.45, 7) is 1.53. The Hall–Kier alpha value is -0.130. The second-order valence-electron chi connectivity index (χ2n) is 4.39. The maximum atomic E-state index is 10.9. The molecule has 1 N–H and O–H groups in total. The molecule has 0 aromatic carbocycles. The van der Waals surface area contributed by atoms with Gasteiger partial charge in [-0.1, -0.05) is 0 Å². The van der Waals surface area contributed by atoms with Crippen molar-refractivity contribution in [2.45, 2.75) is 31.8 Å². The molecule has 0 aromatic rings. The Kier molecular flexibility index (Phi) is 5.02. The van der Waals surface area contributed by atoms with Crippen molar-refractivity contribution in [3.05, 3.63) is 0 Å². The highest BCUT2D eigenvalue weighted by molar-refractivity contribution is 7.90. The highest BCUT2D eigenvalue weighted by Crippen LogP contribution is 2.19. The summed E-state index contributed by atoms with van der Waals surface area (Å²) in [7, 11) is -2.88. The molecule has 0 bridgehead atoms. The first-order chi connectivity index (χ1) is 6.97. The van der Waals surface area contributed by atoms with Crippen molar-refractivity contribution < 1.29 is 18.3 Å². The zero-order valence-corrected chi connectivity index (χ0v) is 10.0. The lowest BCUT2D eigenvalue weighted by atomic mass is 9.99. The van der Waals surface area contributed by atoms with Crippen molar-refractivity contribution in [3.63, 3.8) is 0 Å². The topological polar surface area (TPSA) is 63.6 Å². The monoisotopic (exact) mass is 236 g/mol. The summed E-state index contributed by atoms with van der Waals surface area (Å²) in [4.78, 5) is 0. The van der Waals surface area contributed by atoms with Gasteiger partial charge in [0.25, 0.3) is 0 Å². The molecule has 1 heterocycles. The molecule has 1 aliphatic heterocycles. The standard InChI is InChI=1S/C10H20O4S/c1-15(12,13)6-2-3-10(11)7-9-4-5-14-8-9/h9-11H,2-8H2,1H3. The third kappa shape index (κ3) is 6.12. The zero-order chi connectivity index (χ0) is 11.3. The lowest BCUT2D eigenvalue weighted by Crippen LogP contribution is -2.15. The van der Waals surface area contributed by atoms with Crippen LogP contribution in [0.5, 0.6) is 0 Å². The van der Waals surface area contributed by atoms with Crippen molar-refractivity contribution >= 4 is 9.84 Å². The molecule has 5 heteroatoms. The van der Waals surface area contributed by atoms with E-state index >= 15 is 0 Å². The Bertz CT molecular complexity index is 267. The number of aliphatic hydroxyl groups is 1. The molecule has 0 amide bonds. The molecule has 1 saturated heterocycles. The first kappa shape index (κ1) is 12.9. The SMILES string of the molecule is CS(=O)(=O)CCCC(O)CC1CCOC1. The molecule has 90 valence electrons. The fraction of sp³-hybridized carbons (Fsp3) is 1.00. The van der Waals surface area contributed by atoms with Gasteiger partial charge in [0.1, 0.15) is 9.84 Å². The second kappa shape index (κ2) is 5.82. The van der Waals surface area contributed by atoms with Crippen LogP contribution in [0.25, 0.3) is 0 Å². The van der Waals surface area contributed by atoms with E-state index in [-0.39, 0.29) is 11.9 Å². The largest absolute Gasteiger partial charge is 0.393 e. The van der Waals surface area contributed by atoms with Crippen LogP contribution in [0.4, 0.5) is 0 Å². The van der Waals surface area contributed by atoms with Gasteiger partial charge in [-0.3, -0.25) is 0 Å². The zero-order valence-electron chi connectivity index (χ0n) is 9.18. The van der Waals surface area contributed by atoms with Crippen molar-refractivity contribution in [2.24, 2.45) is 5.92 Å². The molecule has 1 rings (SSSR count). The molecule has 0 aliphatic carbocycles. The average Bonchev–Trinajstić information content (AvgIpc) is 2.54. The summed E-state index contributed by atoms with van der Waals surface area (Å²) in [5.74, 6) is 0.629. The van der Waals surface area contributed by atoms with Gasteiger partial charge >= 0.3 is 0 Å². The van der Waals surface area contributed by atoms with Crippen LogP contribution in [0.3, 0.4) is 0 Å². The predicted octanol–water partition coefficient (Wildman–Crippen LogP) is 0.599. The normalized spacial score (nSPS) is 24.3. The Labute approximate surface area is 91.6 Å². The minimum absolute atomic E-state index is 0.172. The minimum atomic E-state index is -2.88. The molecule has 4 nitrogen and oxygen atoms in total. The van der Waals surface area contributed by atoms with Crippen molar-refractivity contribution in [2.75, 3.05) is 25.2 Å². The Morgan fingerprint density at radius 2 is 2.27 bits per heavy atom. The molecule has 0 aromatic heterocycles. The Balaban J connectivity index is 2.10. The lowest BCUT2D eigenvalue weighted by Gasteiger charge is -2.13. The molecule has 2 unspecified atom stereocenters. The molecule has 0 radical (unpaired) electrons. The lowest BCUT2D eigenvalue weighted by molar-refractivity contribution is 0.121. The second-order valence-corrected chi connectivity index (χ2v) is 6.65. The number of hydrogen-bond acceptors (Lipinski definition) is 4. The number of ether oxygens (including phenoxy) is 1. The maximum Gasteiger partial charge on any atom is 0.147 e. The highest BCUT2D eigenvalue weighted by Gasteiger charge is 2.19. The van der Waals surface area contributed by atoms with E-state index in [1.54, 1.807) is 0 Å². The van der Waals surface area contributed by atoms with Gasteiger partial charge in [-0.2, -0.15) is 0 Å². The number of rotatable bonds is 6. The molecule has 1 aliphatic rings. The summed E-state index contributed by atoms with van der Waals surface area (Å²) >= 11 is 0. The Morgan fingerprint density at radius 3 is 2.80 bits per heavy atom. The van der Waals surface area contributed by atoms with Crippen molar-refractivity contribution in [1.29, 1.82) is 0 Å². The molecule has 0 saturated carbocycles. The van der Waals surface area contributed by atoms with E-state index in [0.717, 1.165) is 26.1 Å². The van der Waals surface area contributed by atoms with Gasteiger partial charge in [0, 0.05) is 25.2 Å². The van der Waals surface area contributed by atoms with Crippen LogP contribution in [0, 0.1) is 5.92 Å². The predicted molar refractivity (Wildman–Crippen MR) is 58.5 cm³/mol. The van der Waals surface area contributed by atoms with Crippen LogP contribution >= 0.6 is 0 Å². The molecule has 15 heavy (non-hydrogen) atoms. The van der Waals surface area contributed by atoms with Crippen LogP contribution in [0.1, 0.15) is 25.7 Å². The van der Waals surface area contributed by atoms with Crippen LogP contribution in [0.2, 0.25) is 0 Å². The van der Waals surface area contributed by atoms with Crippen LogP contribution in [-0.4, -0.2) is 44.9 Å². The minimum Gasteiger partial charge on any atom is -0.393 e. The van der Waals surface area contributed by atoms with Crippen LogP contribution < -0.4 is 0 Å². The van der Waals surface area contributed by atoms with Crippen molar-refractivity contribution in [3.8, 4) is 0 Å². The van der Waals surface area contributed by atoms with Gasteiger partial charge in [0.05, 0.1) is 6.10 Å². The molecular weight excluding hydrogens is 216 g/mol. The van der Waals surface area contributed by atoms with Gasteiger partial charge in [-0.05, 0) is 31.6 Å². The summed E-state index contributed by atoms with van der Waals surface area (Å²) in [5.41, 5.74) is 0. The van der Waals surface area contributed by atoms with Gasteiger partial charge in [-0.15, -0.1) is 0 Å². The quantitative estimate of drug-likeness (QED) is 0.733. The van der Waals surface area contributed by atoms with Gasteiger partial charge in [0.2, 0.25) is 0 Å². The Morgan fingerprint density at radius 1 is 1.53 bits per heavy atom. The maximum absolute atomic E-state index is 10.9. The van der Waals surface area contributed by atoms with E-state index in [2.05, 4.69) is 0 Å². The summed E-state index contributed by atoms with van der Waals surface area (Å²) in [6.07, 6.45) is 3.73. The fourth-order valence-corrected chi connectivity index (χ4v) is 2.54.